The number of nitrogens with zero attached hydrogens (tertiary/aromatic N) is 3. The van der Waals surface area contributed by atoms with E-state index in [0.717, 1.165) is 36.8 Å². The Morgan fingerprint density at radius 1 is 0.932 bits per heavy atom. The molecule has 2 bridgehead atoms. The highest BCUT2D eigenvalue weighted by Crippen LogP contribution is 2.36. The molecule has 1 atom stereocenters. The summed E-state index contributed by atoms with van der Waals surface area (Å²) in [7, 11) is 0. The number of nitrogens with one attached hydrogen (secondary N) is 2. The number of urea groups is 1. The van der Waals surface area contributed by atoms with Crippen molar-refractivity contribution in [2.24, 2.45) is 16.8 Å². The summed E-state index contributed by atoms with van der Waals surface area (Å²) in [6.07, 6.45) is 3.68. The van der Waals surface area contributed by atoms with Gasteiger partial charge in [0, 0.05) is 29.9 Å². The summed E-state index contributed by atoms with van der Waals surface area (Å²) >= 11 is 0. The largest absolute Gasteiger partial charge is 0.341 e. The third-order valence-electron chi connectivity index (χ3n) is 9.03. The number of para-hydroxylation sites is 1. The highest BCUT2D eigenvalue weighted by atomic mass is 19.1. The molecule has 7 rings (SSSR count). The van der Waals surface area contributed by atoms with Crippen LogP contribution in [0, 0.1) is 24.6 Å². The molecular weight excluding hydrogens is 557 g/mol. The molecule has 0 aromatic heterocycles. The SMILES string of the molecule is CCc1cccc2c1N(CC(=O)N1CC3CCC(CC3)C1)C(=O)C(NC(=O)Nc1cccc(C)c1)N=C2c1ccccc1F. The van der Waals surface area contributed by atoms with Gasteiger partial charge in [0.25, 0.3) is 5.91 Å². The van der Waals surface area contributed by atoms with E-state index < -0.39 is 23.9 Å². The van der Waals surface area contributed by atoms with E-state index in [2.05, 4.69) is 10.6 Å². The van der Waals surface area contributed by atoms with Gasteiger partial charge in [0.2, 0.25) is 12.1 Å². The van der Waals surface area contributed by atoms with Gasteiger partial charge in [-0.05, 0) is 86.3 Å². The molecule has 4 amide bonds. The third-order valence-corrected chi connectivity index (χ3v) is 9.03. The smallest absolute Gasteiger partial charge is 0.321 e. The number of hydrogen-bond donors (Lipinski definition) is 2. The summed E-state index contributed by atoms with van der Waals surface area (Å²) in [5, 5.41) is 5.48. The van der Waals surface area contributed by atoms with Gasteiger partial charge in [0.15, 0.2) is 0 Å². The van der Waals surface area contributed by atoms with Crippen LogP contribution >= 0.6 is 0 Å². The summed E-state index contributed by atoms with van der Waals surface area (Å²) < 4.78 is 15.3. The Labute approximate surface area is 257 Å². The van der Waals surface area contributed by atoms with Gasteiger partial charge in [0.05, 0.1) is 11.4 Å². The van der Waals surface area contributed by atoms with Crippen LogP contribution in [-0.2, 0) is 16.0 Å². The van der Waals surface area contributed by atoms with Gasteiger partial charge in [0.1, 0.15) is 12.4 Å². The Bertz CT molecular complexity index is 1600. The van der Waals surface area contributed by atoms with E-state index >= 15 is 4.39 Å². The quantitative estimate of drug-likeness (QED) is 0.384. The normalized spacial score (nSPS) is 21.2. The van der Waals surface area contributed by atoms with Crippen molar-refractivity contribution >= 4 is 34.9 Å². The summed E-state index contributed by atoms with van der Waals surface area (Å²) in [5.41, 5.74) is 3.85. The van der Waals surface area contributed by atoms with Crippen LogP contribution in [0.25, 0.3) is 0 Å². The van der Waals surface area contributed by atoms with Crippen LogP contribution in [-0.4, -0.2) is 54.3 Å². The first-order valence-corrected chi connectivity index (χ1v) is 15.5. The number of aryl methyl sites for hydroxylation is 2. The first-order valence-electron chi connectivity index (χ1n) is 15.5. The lowest BCUT2D eigenvalue weighted by atomic mass is 9.84. The monoisotopic (exact) mass is 595 g/mol. The van der Waals surface area contributed by atoms with Crippen molar-refractivity contribution < 1.29 is 18.8 Å². The maximum atomic E-state index is 15.3. The van der Waals surface area contributed by atoms with Crippen molar-refractivity contribution in [3.05, 3.63) is 94.8 Å². The fraction of sp³-hybridized carbons (Fsp3) is 0.371. The number of amides is 4. The van der Waals surface area contributed by atoms with Gasteiger partial charge in [-0.3, -0.25) is 14.5 Å². The summed E-state index contributed by atoms with van der Waals surface area (Å²) in [6.45, 7) is 5.08. The molecule has 3 aromatic rings. The molecule has 1 unspecified atom stereocenters. The predicted octanol–water partition coefficient (Wildman–Crippen LogP) is 5.68. The molecule has 1 saturated carbocycles. The highest BCUT2D eigenvalue weighted by Gasteiger charge is 2.38. The second-order valence-corrected chi connectivity index (χ2v) is 12.1. The van der Waals surface area contributed by atoms with E-state index in [-0.39, 0.29) is 23.7 Å². The van der Waals surface area contributed by atoms with Gasteiger partial charge in [-0.25, -0.2) is 14.2 Å². The van der Waals surface area contributed by atoms with Crippen molar-refractivity contribution in [1.82, 2.24) is 10.2 Å². The van der Waals surface area contributed by atoms with Crippen LogP contribution in [0.15, 0.2) is 71.7 Å². The maximum Gasteiger partial charge on any atom is 0.321 e. The zero-order chi connectivity index (χ0) is 30.8. The van der Waals surface area contributed by atoms with Gasteiger partial charge < -0.3 is 15.5 Å². The fourth-order valence-electron chi connectivity index (χ4n) is 6.76. The Kier molecular flexibility index (Phi) is 8.46. The Morgan fingerprint density at radius 2 is 1.61 bits per heavy atom. The average Bonchev–Trinajstić information content (AvgIpc) is 3.40. The van der Waals surface area contributed by atoms with Crippen molar-refractivity contribution in [2.75, 3.05) is 29.9 Å². The van der Waals surface area contributed by atoms with Gasteiger partial charge in [-0.1, -0.05) is 49.4 Å². The van der Waals surface area contributed by atoms with Crippen LogP contribution < -0.4 is 15.5 Å². The van der Waals surface area contributed by atoms with E-state index in [1.54, 1.807) is 30.3 Å². The van der Waals surface area contributed by atoms with E-state index in [0.29, 0.717) is 48.3 Å². The average molecular weight is 596 g/mol. The molecule has 3 heterocycles. The number of carbonyl (C=O) groups excluding carboxylic acids is 3. The summed E-state index contributed by atoms with van der Waals surface area (Å²) in [5.74, 6) is -0.229. The summed E-state index contributed by atoms with van der Waals surface area (Å²) in [4.78, 5) is 49.7. The molecule has 0 spiro atoms. The van der Waals surface area contributed by atoms with Crippen molar-refractivity contribution in [3.63, 3.8) is 0 Å². The molecule has 0 radical (unpaired) electrons. The molecule has 1 aliphatic carbocycles. The molecule has 44 heavy (non-hydrogen) atoms. The minimum absolute atomic E-state index is 0.133. The lowest BCUT2D eigenvalue weighted by Gasteiger charge is -2.30. The predicted molar refractivity (Wildman–Crippen MR) is 169 cm³/mol. The van der Waals surface area contributed by atoms with Gasteiger partial charge in [-0.2, -0.15) is 0 Å². The number of aliphatic imine (C=N–C) groups is 1. The second-order valence-electron chi connectivity index (χ2n) is 12.1. The number of fused-ring (bicyclic) bond motifs is 5. The van der Waals surface area contributed by atoms with Gasteiger partial charge >= 0.3 is 6.03 Å². The summed E-state index contributed by atoms with van der Waals surface area (Å²) in [6, 6.07) is 18.5. The van der Waals surface area contributed by atoms with Crippen LogP contribution in [0.2, 0.25) is 0 Å². The number of carbonyl (C=O) groups is 3. The zero-order valence-corrected chi connectivity index (χ0v) is 25.2. The Morgan fingerprint density at radius 3 is 2.30 bits per heavy atom. The molecule has 2 N–H and O–H groups in total. The molecular formula is C35H38FN5O3. The Balaban J connectivity index is 1.40. The van der Waals surface area contributed by atoms with E-state index in [4.69, 9.17) is 4.99 Å². The van der Waals surface area contributed by atoms with Gasteiger partial charge in [-0.15, -0.1) is 0 Å². The minimum Gasteiger partial charge on any atom is -0.341 e. The van der Waals surface area contributed by atoms with Crippen LogP contribution in [0.4, 0.5) is 20.6 Å². The minimum atomic E-state index is -1.40. The van der Waals surface area contributed by atoms with Crippen molar-refractivity contribution in [3.8, 4) is 0 Å². The molecule has 228 valence electrons. The van der Waals surface area contributed by atoms with Crippen LogP contribution in [0.5, 0.6) is 0 Å². The van der Waals surface area contributed by atoms with E-state index in [1.165, 1.54) is 11.0 Å². The number of rotatable bonds is 6. The fourth-order valence-corrected chi connectivity index (χ4v) is 6.76. The number of anilines is 2. The zero-order valence-electron chi connectivity index (χ0n) is 25.2. The van der Waals surface area contributed by atoms with Crippen LogP contribution in [0.3, 0.4) is 0 Å². The first-order chi connectivity index (χ1) is 21.3. The number of benzene rings is 3. The molecule has 9 heteroatoms. The standard InChI is InChI=1S/C35H38FN5O3/c1-3-25-9-7-12-28-31(27-11-4-5-13-29(27)36)38-33(39-35(44)37-26-10-6-8-22(2)18-26)34(43)41(32(25)28)21-30(42)40-19-23-14-15-24(20-40)17-16-23/h4-13,18,23-24,33H,3,14-17,19-21H2,1-2H3,(H2,37,39,44). The molecule has 3 aliphatic heterocycles. The lowest BCUT2D eigenvalue weighted by molar-refractivity contribution is -0.132. The second kappa shape index (κ2) is 12.6. The topological polar surface area (TPSA) is 94.1 Å². The maximum absolute atomic E-state index is 15.3. The van der Waals surface area contributed by atoms with Crippen LogP contribution in [0.1, 0.15) is 54.9 Å². The number of halogens is 1. The number of hydrogen-bond acceptors (Lipinski definition) is 4. The molecule has 8 nitrogen and oxygen atoms in total. The van der Waals surface area contributed by atoms with Crippen molar-refractivity contribution in [2.45, 2.75) is 52.1 Å². The third kappa shape index (κ3) is 6.09. The molecule has 2 saturated heterocycles. The number of benzodiazepines with no additional fused rings is 1. The van der Waals surface area contributed by atoms with E-state index in [1.807, 2.05) is 49.1 Å². The highest BCUT2D eigenvalue weighted by molar-refractivity contribution is 6.21. The van der Waals surface area contributed by atoms with E-state index in [9.17, 15) is 14.4 Å². The Hall–Kier alpha value is -4.53. The first kappa shape index (κ1) is 29.5. The molecule has 3 aromatic carbocycles. The molecule has 4 aliphatic rings. The molecule has 3 fully saturated rings. The van der Waals surface area contributed by atoms with Crippen molar-refractivity contribution in [1.29, 1.82) is 0 Å². The lowest BCUT2D eigenvalue weighted by Crippen LogP contribution is -2.52.